The fourth-order valence-corrected chi connectivity index (χ4v) is 2.87. The molecule has 6 heteroatoms. The molecule has 1 fully saturated rings. The molecule has 1 aromatic heterocycles. The molecule has 1 aliphatic rings. The van der Waals surface area contributed by atoms with Gasteiger partial charge in [-0.2, -0.15) is 5.26 Å². The lowest BCUT2D eigenvalue weighted by atomic mass is 10.2. The second kappa shape index (κ2) is 7.12. The molecule has 0 saturated carbocycles. The zero-order valence-corrected chi connectivity index (χ0v) is 11.4. The Kier molecular flexibility index (Phi) is 5.19. The van der Waals surface area contributed by atoms with Gasteiger partial charge in [0.15, 0.2) is 0 Å². The van der Waals surface area contributed by atoms with Crippen molar-refractivity contribution < 1.29 is 4.79 Å². The molecule has 1 saturated heterocycles. The molecule has 5 nitrogen and oxygen atoms in total. The minimum Gasteiger partial charge on any atom is -0.336 e. The average Bonchev–Trinajstić information content (AvgIpc) is 2.98. The Balaban J connectivity index is 2.02. The summed E-state index contributed by atoms with van der Waals surface area (Å²) in [6.07, 6.45) is 3.81. The van der Waals surface area contributed by atoms with Crippen molar-refractivity contribution in [2.24, 2.45) is 0 Å². The molecule has 1 amide bonds. The summed E-state index contributed by atoms with van der Waals surface area (Å²) < 4.78 is 0. The van der Waals surface area contributed by atoms with Crippen molar-refractivity contribution in [3.8, 4) is 6.07 Å². The molecule has 2 heterocycles. The summed E-state index contributed by atoms with van der Waals surface area (Å²) in [5, 5.41) is 11.9. The molecule has 1 unspecified atom stereocenters. The van der Waals surface area contributed by atoms with E-state index in [1.54, 1.807) is 29.1 Å². The molecule has 1 atom stereocenters. The number of carbonyl (C=O) groups is 1. The SMILES string of the molecule is N#CCCN(Cc1cccnc1)C(=O)C1CSCN1. The summed E-state index contributed by atoms with van der Waals surface area (Å²) in [6.45, 7) is 0.976. The number of carbonyl (C=O) groups excluding carboxylic acids is 1. The van der Waals surface area contributed by atoms with E-state index in [1.165, 1.54) is 0 Å². The van der Waals surface area contributed by atoms with Gasteiger partial charge >= 0.3 is 0 Å². The lowest BCUT2D eigenvalue weighted by Crippen LogP contribution is -2.44. The van der Waals surface area contributed by atoms with Gasteiger partial charge in [-0.25, -0.2) is 0 Å². The van der Waals surface area contributed by atoms with Crippen molar-refractivity contribution in [1.82, 2.24) is 15.2 Å². The largest absolute Gasteiger partial charge is 0.336 e. The third-order valence-electron chi connectivity index (χ3n) is 2.92. The first-order chi connectivity index (χ1) is 9.31. The predicted octanol–water partition coefficient (Wildman–Crippen LogP) is 0.986. The number of aromatic nitrogens is 1. The van der Waals surface area contributed by atoms with E-state index in [0.29, 0.717) is 19.5 Å². The van der Waals surface area contributed by atoms with E-state index in [0.717, 1.165) is 17.2 Å². The molecule has 0 aromatic carbocycles. The van der Waals surface area contributed by atoms with Crippen LogP contribution in [0.3, 0.4) is 0 Å². The van der Waals surface area contributed by atoms with Crippen LogP contribution >= 0.6 is 11.8 Å². The standard InChI is InChI=1S/C13H16N4OS/c14-4-2-6-17(8-11-3-1-5-15-7-11)13(18)12-9-19-10-16-12/h1,3,5,7,12,16H,2,6,8-10H2. The van der Waals surface area contributed by atoms with Crippen molar-refractivity contribution in [3.05, 3.63) is 30.1 Å². The lowest BCUT2D eigenvalue weighted by molar-refractivity contribution is -0.133. The molecule has 0 spiro atoms. The topological polar surface area (TPSA) is 69.0 Å². The molecule has 1 N–H and O–H groups in total. The minimum atomic E-state index is -0.125. The van der Waals surface area contributed by atoms with Crippen molar-refractivity contribution in [3.63, 3.8) is 0 Å². The summed E-state index contributed by atoms with van der Waals surface area (Å²) in [4.78, 5) is 18.2. The zero-order valence-electron chi connectivity index (χ0n) is 10.6. The third-order valence-corrected chi connectivity index (χ3v) is 3.86. The van der Waals surface area contributed by atoms with Crippen LogP contribution in [0.4, 0.5) is 0 Å². The van der Waals surface area contributed by atoms with Crippen molar-refractivity contribution in [2.75, 3.05) is 18.2 Å². The van der Waals surface area contributed by atoms with E-state index in [2.05, 4.69) is 16.4 Å². The highest BCUT2D eigenvalue weighted by molar-refractivity contribution is 7.99. The molecule has 1 aromatic rings. The number of nitriles is 1. The monoisotopic (exact) mass is 276 g/mol. The molecule has 0 bridgehead atoms. The summed E-state index contributed by atoms with van der Waals surface area (Å²) in [7, 11) is 0. The summed E-state index contributed by atoms with van der Waals surface area (Å²) in [5.74, 6) is 1.69. The van der Waals surface area contributed by atoms with Crippen LogP contribution in [0.15, 0.2) is 24.5 Å². The highest BCUT2D eigenvalue weighted by Crippen LogP contribution is 2.14. The number of thioether (sulfide) groups is 1. The van der Waals surface area contributed by atoms with Crippen LogP contribution in [0.2, 0.25) is 0 Å². The fraction of sp³-hybridized carbons (Fsp3) is 0.462. The van der Waals surface area contributed by atoms with E-state index in [9.17, 15) is 4.79 Å². The number of nitrogens with one attached hydrogen (secondary N) is 1. The van der Waals surface area contributed by atoms with Crippen LogP contribution in [0.1, 0.15) is 12.0 Å². The number of rotatable bonds is 5. The highest BCUT2D eigenvalue weighted by atomic mass is 32.2. The van der Waals surface area contributed by atoms with Crippen LogP contribution in [0.5, 0.6) is 0 Å². The third kappa shape index (κ3) is 3.94. The molecule has 0 aliphatic carbocycles. The van der Waals surface area contributed by atoms with Crippen LogP contribution in [-0.4, -0.2) is 40.0 Å². The van der Waals surface area contributed by atoms with E-state index >= 15 is 0 Å². The Bertz CT molecular complexity index is 453. The summed E-state index contributed by atoms with van der Waals surface area (Å²) in [6, 6.07) is 5.76. The number of hydrogen-bond acceptors (Lipinski definition) is 5. The Morgan fingerprint density at radius 3 is 3.21 bits per heavy atom. The van der Waals surface area contributed by atoms with Gasteiger partial charge in [0.05, 0.1) is 18.5 Å². The molecular weight excluding hydrogens is 260 g/mol. The van der Waals surface area contributed by atoms with Crippen LogP contribution in [0.25, 0.3) is 0 Å². The molecule has 19 heavy (non-hydrogen) atoms. The van der Waals surface area contributed by atoms with Gasteiger partial charge in [0, 0.05) is 37.1 Å². The van der Waals surface area contributed by atoms with Gasteiger partial charge in [0.1, 0.15) is 0 Å². The highest BCUT2D eigenvalue weighted by Gasteiger charge is 2.27. The second-order valence-electron chi connectivity index (χ2n) is 4.30. The van der Waals surface area contributed by atoms with Crippen LogP contribution < -0.4 is 5.32 Å². The van der Waals surface area contributed by atoms with E-state index in [1.807, 2.05) is 12.1 Å². The Labute approximate surface area is 117 Å². The Morgan fingerprint density at radius 1 is 1.68 bits per heavy atom. The van der Waals surface area contributed by atoms with Crippen molar-refractivity contribution in [2.45, 2.75) is 19.0 Å². The van der Waals surface area contributed by atoms with E-state index < -0.39 is 0 Å². The maximum atomic E-state index is 12.4. The van der Waals surface area contributed by atoms with Gasteiger partial charge in [-0.05, 0) is 11.6 Å². The van der Waals surface area contributed by atoms with Crippen LogP contribution in [-0.2, 0) is 11.3 Å². The first kappa shape index (κ1) is 13.8. The van der Waals surface area contributed by atoms with Gasteiger partial charge in [-0.3, -0.25) is 15.1 Å². The lowest BCUT2D eigenvalue weighted by Gasteiger charge is -2.24. The molecular formula is C13H16N4OS. The first-order valence-corrected chi connectivity index (χ1v) is 7.32. The predicted molar refractivity (Wildman–Crippen MR) is 74.1 cm³/mol. The smallest absolute Gasteiger partial charge is 0.240 e. The molecule has 2 rings (SSSR count). The van der Waals surface area contributed by atoms with E-state index in [-0.39, 0.29) is 11.9 Å². The summed E-state index contributed by atoms with van der Waals surface area (Å²) in [5.41, 5.74) is 0.986. The Morgan fingerprint density at radius 2 is 2.58 bits per heavy atom. The maximum Gasteiger partial charge on any atom is 0.240 e. The number of nitrogens with zero attached hydrogens (tertiary/aromatic N) is 3. The van der Waals surface area contributed by atoms with Gasteiger partial charge in [0.25, 0.3) is 0 Å². The fourth-order valence-electron chi connectivity index (χ4n) is 1.94. The van der Waals surface area contributed by atoms with E-state index in [4.69, 9.17) is 5.26 Å². The van der Waals surface area contributed by atoms with Crippen LogP contribution in [0, 0.1) is 11.3 Å². The second-order valence-corrected chi connectivity index (χ2v) is 5.33. The zero-order chi connectivity index (χ0) is 13.5. The first-order valence-electron chi connectivity index (χ1n) is 6.17. The molecule has 1 aliphatic heterocycles. The van der Waals surface area contributed by atoms with Gasteiger partial charge in [-0.15, -0.1) is 11.8 Å². The number of pyridine rings is 1. The maximum absolute atomic E-state index is 12.4. The molecule has 100 valence electrons. The van der Waals surface area contributed by atoms with Gasteiger partial charge in [-0.1, -0.05) is 6.07 Å². The van der Waals surface area contributed by atoms with Crippen molar-refractivity contribution >= 4 is 17.7 Å². The minimum absolute atomic E-state index is 0.0732. The Hall–Kier alpha value is -1.58. The van der Waals surface area contributed by atoms with Gasteiger partial charge < -0.3 is 4.90 Å². The molecule has 0 radical (unpaired) electrons. The number of amides is 1. The normalized spacial score (nSPS) is 17.9. The quantitative estimate of drug-likeness (QED) is 0.868. The summed E-state index contributed by atoms with van der Waals surface area (Å²) >= 11 is 1.72. The van der Waals surface area contributed by atoms with Crippen molar-refractivity contribution in [1.29, 1.82) is 5.26 Å². The van der Waals surface area contributed by atoms with Gasteiger partial charge in [0.2, 0.25) is 5.91 Å². The average molecular weight is 276 g/mol. The number of hydrogen-bond donors (Lipinski definition) is 1.